The Morgan fingerprint density at radius 1 is 0.833 bits per heavy atom. The smallest absolute Gasteiger partial charge is 0.321 e. The molecule has 0 atom stereocenters. The van der Waals surface area contributed by atoms with Crippen molar-refractivity contribution in [2.75, 3.05) is 56.6 Å². The Balaban J connectivity index is 1.23. The van der Waals surface area contributed by atoms with Crippen molar-refractivity contribution in [1.82, 2.24) is 9.80 Å². The summed E-state index contributed by atoms with van der Waals surface area (Å²) in [6.07, 6.45) is 0.839. The number of anilines is 2. The van der Waals surface area contributed by atoms with Gasteiger partial charge in [0.1, 0.15) is 0 Å². The highest BCUT2D eigenvalue weighted by atomic mass is 16.5. The number of urea groups is 1. The van der Waals surface area contributed by atoms with Gasteiger partial charge in [-0.05, 0) is 24.3 Å². The molecule has 2 aliphatic heterocycles. The molecule has 0 aromatic heterocycles. The maximum Gasteiger partial charge on any atom is 0.321 e. The number of hydrogen-bond acceptors (Lipinski definition) is 5. The lowest BCUT2D eigenvalue weighted by molar-refractivity contribution is -0.117. The molecule has 4 rings (SSSR count). The largest absolute Gasteiger partial charge is 0.490 e. The van der Waals surface area contributed by atoms with E-state index in [1.165, 1.54) is 0 Å². The van der Waals surface area contributed by atoms with Gasteiger partial charge in [0.2, 0.25) is 5.91 Å². The topological polar surface area (TPSA) is 83.1 Å². The van der Waals surface area contributed by atoms with Gasteiger partial charge in [0.15, 0.2) is 11.5 Å². The van der Waals surface area contributed by atoms with E-state index in [-0.39, 0.29) is 18.5 Å². The summed E-state index contributed by atoms with van der Waals surface area (Å²) in [5.41, 5.74) is 1.46. The van der Waals surface area contributed by atoms with Crippen LogP contribution in [0.1, 0.15) is 6.42 Å². The maximum absolute atomic E-state index is 12.5. The molecule has 158 valence electrons. The normalized spacial score (nSPS) is 16.5. The fraction of sp³-hybridized carbons (Fsp3) is 0.364. The number of benzene rings is 2. The van der Waals surface area contributed by atoms with Crippen LogP contribution in [0.25, 0.3) is 0 Å². The zero-order valence-corrected chi connectivity index (χ0v) is 16.8. The number of piperazine rings is 1. The van der Waals surface area contributed by atoms with Crippen LogP contribution in [0.15, 0.2) is 48.5 Å². The van der Waals surface area contributed by atoms with E-state index >= 15 is 0 Å². The SMILES string of the molecule is O=C(CN1CCN(C(=O)Nc2ccccc2)CC1)Nc1ccc2c(c1)OCCCO2. The number of ether oxygens (including phenoxy) is 2. The Morgan fingerprint density at radius 3 is 2.33 bits per heavy atom. The standard InChI is InChI=1S/C22H26N4O4/c27-21(23-18-7-8-19-20(15-18)30-14-4-13-29-19)16-25-9-11-26(12-10-25)22(28)24-17-5-2-1-3-6-17/h1-3,5-8,15H,4,9-14,16H2,(H,23,27)(H,24,28). The van der Waals surface area contributed by atoms with Crippen LogP contribution in [0, 0.1) is 0 Å². The van der Waals surface area contributed by atoms with Crippen LogP contribution >= 0.6 is 0 Å². The summed E-state index contributed by atoms with van der Waals surface area (Å²) in [6, 6.07) is 14.7. The molecule has 30 heavy (non-hydrogen) atoms. The Morgan fingerprint density at radius 2 is 1.57 bits per heavy atom. The van der Waals surface area contributed by atoms with Crippen molar-refractivity contribution < 1.29 is 19.1 Å². The molecule has 2 heterocycles. The Hall–Kier alpha value is -3.26. The first-order chi connectivity index (χ1) is 14.7. The molecule has 8 nitrogen and oxygen atoms in total. The Bertz CT molecular complexity index is 882. The van der Waals surface area contributed by atoms with Gasteiger partial charge in [0.25, 0.3) is 0 Å². The highest BCUT2D eigenvalue weighted by Gasteiger charge is 2.22. The van der Waals surface area contributed by atoms with Crippen LogP contribution < -0.4 is 20.1 Å². The molecule has 2 N–H and O–H groups in total. The summed E-state index contributed by atoms with van der Waals surface area (Å²) in [5, 5.41) is 5.81. The van der Waals surface area contributed by atoms with Crippen molar-refractivity contribution in [2.24, 2.45) is 0 Å². The molecule has 0 radical (unpaired) electrons. The lowest BCUT2D eigenvalue weighted by Crippen LogP contribution is -2.51. The second-order valence-corrected chi connectivity index (χ2v) is 7.32. The number of fused-ring (bicyclic) bond motifs is 1. The van der Waals surface area contributed by atoms with Crippen molar-refractivity contribution in [1.29, 1.82) is 0 Å². The van der Waals surface area contributed by atoms with Gasteiger partial charge in [-0.25, -0.2) is 4.79 Å². The van der Waals surface area contributed by atoms with Crippen LogP contribution in [-0.4, -0.2) is 67.7 Å². The Kier molecular flexibility index (Phi) is 6.34. The van der Waals surface area contributed by atoms with Gasteiger partial charge >= 0.3 is 6.03 Å². The van der Waals surface area contributed by atoms with Crippen molar-refractivity contribution in [2.45, 2.75) is 6.42 Å². The quantitative estimate of drug-likeness (QED) is 0.810. The molecule has 1 saturated heterocycles. The number of para-hydroxylation sites is 1. The molecular formula is C22H26N4O4. The zero-order chi connectivity index (χ0) is 20.8. The highest BCUT2D eigenvalue weighted by molar-refractivity contribution is 5.92. The van der Waals surface area contributed by atoms with E-state index in [2.05, 4.69) is 10.6 Å². The van der Waals surface area contributed by atoms with E-state index in [1.54, 1.807) is 11.0 Å². The number of amides is 3. The first-order valence-electron chi connectivity index (χ1n) is 10.2. The monoisotopic (exact) mass is 410 g/mol. The molecule has 2 aromatic rings. The molecule has 0 saturated carbocycles. The van der Waals surface area contributed by atoms with Gasteiger partial charge in [0.05, 0.1) is 19.8 Å². The second kappa shape index (κ2) is 9.49. The van der Waals surface area contributed by atoms with Gasteiger partial charge in [0, 0.05) is 50.0 Å². The van der Waals surface area contributed by atoms with Gasteiger partial charge in [-0.1, -0.05) is 18.2 Å². The van der Waals surface area contributed by atoms with E-state index in [4.69, 9.17) is 9.47 Å². The van der Waals surface area contributed by atoms with E-state index in [0.717, 1.165) is 12.1 Å². The van der Waals surface area contributed by atoms with Crippen LogP contribution in [0.4, 0.5) is 16.2 Å². The summed E-state index contributed by atoms with van der Waals surface area (Å²) < 4.78 is 11.3. The van der Waals surface area contributed by atoms with E-state index in [0.29, 0.717) is 56.6 Å². The fourth-order valence-electron chi connectivity index (χ4n) is 3.48. The molecule has 2 aromatic carbocycles. The average molecular weight is 410 g/mol. The summed E-state index contributed by atoms with van der Waals surface area (Å²) in [4.78, 5) is 28.6. The van der Waals surface area contributed by atoms with Crippen molar-refractivity contribution in [3.05, 3.63) is 48.5 Å². The minimum Gasteiger partial charge on any atom is -0.490 e. The number of rotatable bonds is 4. The molecule has 0 unspecified atom stereocenters. The third-order valence-electron chi connectivity index (χ3n) is 5.08. The van der Waals surface area contributed by atoms with Crippen LogP contribution in [0.2, 0.25) is 0 Å². The van der Waals surface area contributed by atoms with Crippen molar-refractivity contribution in [3.63, 3.8) is 0 Å². The fourth-order valence-corrected chi connectivity index (χ4v) is 3.48. The zero-order valence-electron chi connectivity index (χ0n) is 16.8. The number of nitrogens with zero attached hydrogens (tertiary/aromatic N) is 2. The lowest BCUT2D eigenvalue weighted by atomic mass is 10.2. The van der Waals surface area contributed by atoms with E-state index in [1.807, 2.05) is 47.4 Å². The minimum absolute atomic E-state index is 0.0910. The van der Waals surface area contributed by atoms with Gasteiger partial charge in [-0.3, -0.25) is 9.69 Å². The summed E-state index contributed by atoms with van der Waals surface area (Å²) in [6.45, 7) is 3.97. The van der Waals surface area contributed by atoms with Crippen LogP contribution in [0.3, 0.4) is 0 Å². The first-order valence-corrected chi connectivity index (χ1v) is 10.2. The maximum atomic E-state index is 12.5. The molecule has 3 amide bonds. The third kappa shape index (κ3) is 5.21. The Labute approximate surface area is 175 Å². The summed E-state index contributed by atoms with van der Waals surface area (Å²) >= 11 is 0. The summed E-state index contributed by atoms with van der Waals surface area (Å²) in [5.74, 6) is 1.27. The first kappa shape index (κ1) is 20.0. The third-order valence-corrected chi connectivity index (χ3v) is 5.08. The number of carbonyl (C=O) groups is 2. The molecule has 0 bridgehead atoms. The predicted octanol–water partition coefficient (Wildman–Crippen LogP) is 2.64. The second-order valence-electron chi connectivity index (χ2n) is 7.32. The van der Waals surface area contributed by atoms with Crippen LogP contribution in [-0.2, 0) is 4.79 Å². The molecule has 0 aliphatic carbocycles. The molecule has 8 heteroatoms. The molecule has 1 fully saturated rings. The molecule has 2 aliphatic rings. The summed E-state index contributed by atoms with van der Waals surface area (Å²) in [7, 11) is 0. The average Bonchev–Trinajstić information content (AvgIpc) is 3.00. The lowest BCUT2D eigenvalue weighted by Gasteiger charge is -2.34. The van der Waals surface area contributed by atoms with Gasteiger partial charge in [-0.2, -0.15) is 0 Å². The predicted molar refractivity (Wildman–Crippen MR) is 114 cm³/mol. The van der Waals surface area contributed by atoms with E-state index in [9.17, 15) is 9.59 Å². The minimum atomic E-state index is -0.113. The number of nitrogens with one attached hydrogen (secondary N) is 2. The van der Waals surface area contributed by atoms with Gasteiger partial charge in [-0.15, -0.1) is 0 Å². The highest BCUT2D eigenvalue weighted by Crippen LogP contribution is 2.32. The molecular weight excluding hydrogens is 384 g/mol. The number of hydrogen-bond donors (Lipinski definition) is 2. The van der Waals surface area contributed by atoms with E-state index < -0.39 is 0 Å². The van der Waals surface area contributed by atoms with Crippen LogP contribution in [0.5, 0.6) is 11.5 Å². The van der Waals surface area contributed by atoms with Gasteiger partial charge < -0.3 is 25.0 Å². The number of carbonyl (C=O) groups excluding carboxylic acids is 2. The van der Waals surface area contributed by atoms with Crippen molar-refractivity contribution >= 4 is 23.3 Å². The van der Waals surface area contributed by atoms with Crippen molar-refractivity contribution in [3.8, 4) is 11.5 Å². The molecule has 0 spiro atoms.